The molecule has 0 N–H and O–H groups in total. The average molecular weight is 543 g/mol. The van der Waals surface area contributed by atoms with Crippen LogP contribution in [-0.2, 0) is 20.9 Å². The molecule has 0 amide bonds. The largest absolute Gasteiger partial charge is 1.00 e. The molecule has 1 aromatic rings. The number of hydrogen-bond acceptors (Lipinski definition) is 3. The molecular weight excluding hydrogens is 490 g/mol. The summed E-state index contributed by atoms with van der Waals surface area (Å²) in [6, 6.07) is 10.2. The molecule has 1 rings (SSSR count). The second kappa shape index (κ2) is 22.5. The lowest BCUT2D eigenvalue weighted by molar-refractivity contribution is -0.890. The zero-order valence-electron chi connectivity index (χ0n) is 22.4. The topological polar surface area (TPSA) is 35.5 Å². The van der Waals surface area contributed by atoms with E-state index in [0.29, 0.717) is 26.2 Å². The highest BCUT2D eigenvalue weighted by Gasteiger charge is 2.15. The van der Waals surface area contributed by atoms with Crippen molar-refractivity contribution in [2.75, 3.05) is 40.4 Å². The second-order valence-corrected chi connectivity index (χ2v) is 10.1. The molecule has 0 aliphatic rings. The van der Waals surface area contributed by atoms with Crippen molar-refractivity contribution in [1.29, 1.82) is 0 Å². The molecule has 0 aromatic heterocycles. The lowest BCUT2D eigenvalue weighted by Crippen LogP contribution is -3.00. The molecule has 34 heavy (non-hydrogen) atoms. The fourth-order valence-corrected chi connectivity index (χ4v) is 3.95. The highest BCUT2D eigenvalue weighted by molar-refractivity contribution is 5.69. The van der Waals surface area contributed by atoms with Gasteiger partial charge in [0.05, 0.1) is 27.3 Å². The van der Waals surface area contributed by atoms with Gasteiger partial charge in [0.2, 0.25) is 0 Å². The highest BCUT2D eigenvalue weighted by atomic mass is 79.9. The minimum atomic E-state index is -0.0431. The smallest absolute Gasteiger partial charge is 0.305 e. The zero-order chi connectivity index (χ0) is 24.0. The van der Waals surface area contributed by atoms with Gasteiger partial charge in [0, 0.05) is 6.42 Å². The highest BCUT2D eigenvalue weighted by Crippen LogP contribution is 2.13. The first-order valence-electron chi connectivity index (χ1n) is 13.6. The molecule has 0 spiro atoms. The fourth-order valence-electron chi connectivity index (χ4n) is 3.95. The van der Waals surface area contributed by atoms with Gasteiger partial charge < -0.3 is 30.9 Å². The van der Waals surface area contributed by atoms with Gasteiger partial charge in [-0.3, -0.25) is 4.79 Å². The third-order valence-electron chi connectivity index (χ3n) is 6.40. The summed E-state index contributed by atoms with van der Waals surface area (Å²) in [7, 11) is 4.32. The number of esters is 1. The van der Waals surface area contributed by atoms with Crippen LogP contribution in [-0.4, -0.2) is 50.9 Å². The number of carbonyl (C=O) groups excluding carboxylic acids is 1. The number of benzene rings is 1. The van der Waals surface area contributed by atoms with Crippen molar-refractivity contribution in [3.05, 3.63) is 35.9 Å². The SMILES string of the molecule is CCCCCCCCCCCCCCCC(=O)OCC[N+](C)(C)CCOCc1ccccc1.[Br-]. The number of ether oxygens (including phenoxy) is 2. The van der Waals surface area contributed by atoms with E-state index in [1.807, 2.05) is 18.2 Å². The summed E-state index contributed by atoms with van der Waals surface area (Å²) in [5, 5.41) is 0. The van der Waals surface area contributed by atoms with Gasteiger partial charge >= 0.3 is 5.97 Å². The maximum absolute atomic E-state index is 12.0. The van der Waals surface area contributed by atoms with Crippen molar-refractivity contribution in [2.45, 2.75) is 103 Å². The molecule has 1 aromatic carbocycles. The lowest BCUT2D eigenvalue weighted by Gasteiger charge is -2.29. The summed E-state index contributed by atoms with van der Waals surface area (Å²) in [5.74, 6) is -0.0431. The van der Waals surface area contributed by atoms with Gasteiger partial charge in [-0.2, -0.15) is 0 Å². The molecule has 0 fully saturated rings. The van der Waals surface area contributed by atoms with E-state index in [-0.39, 0.29) is 23.0 Å². The fraction of sp³-hybridized carbons (Fsp3) is 0.759. The summed E-state index contributed by atoms with van der Waals surface area (Å²) >= 11 is 0. The van der Waals surface area contributed by atoms with Crippen LogP contribution in [0.4, 0.5) is 0 Å². The molecule has 5 heteroatoms. The molecular formula is C29H52BrNO3. The summed E-state index contributed by atoms with van der Waals surface area (Å²) in [5.41, 5.74) is 1.20. The molecule has 4 nitrogen and oxygen atoms in total. The number of rotatable bonds is 22. The van der Waals surface area contributed by atoms with Crippen LogP contribution >= 0.6 is 0 Å². The Kier molecular flexibility index (Phi) is 21.9. The van der Waals surface area contributed by atoms with E-state index in [4.69, 9.17) is 9.47 Å². The molecule has 0 aliphatic carbocycles. The molecule has 0 saturated carbocycles. The monoisotopic (exact) mass is 541 g/mol. The Labute approximate surface area is 221 Å². The predicted octanol–water partition coefficient (Wildman–Crippen LogP) is 4.31. The molecule has 0 radical (unpaired) electrons. The third-order valence-corrected chi connectivity index (χ3v) is 6.40. The molecule has 0 unspecified atom stereocenters. The zero-order valence-corrected chi connectivity index (χ0v) is 24.0. The van der Waals surface area contributed by atoms with Crippen molar-refractivity contribution >= 4 is 5.97 Å². The number of halogens is 1. The first kappa shape index (κ1) is 33.1. The minimum Gasteiger partial charge on any atom is -1.00 e. The summed E-state index contributed by atoms with van der Waals surface area (Å²) in [4.78, 5) is 12.0. The van der Waals surface area contributed by atoms with Crippen molar-refractivity contribution in [1.82, 2.24) is 0 Å². The Morgan fingerprint density at radius 3 is 1.79 bits per heavy atom. The second-order valence-electron chi connectivity index (χ2n) is 10.1. The Bertz CT molecular complexity index is 580. The molecule has 0 bridgehead atoms. The predicted molar refractivity (Wildman–Crippen MR) is 139 cm³/mol. The van der Waals surface area contributed by atoms with Gasteiger partial charge in [0.25, 0.3) is 0 Å². The van der Waals surface area contributed by atoms with Gasteiger partial charge in [-0.05, 0) is 12.0 Å². The van der Waals surface area contributed by atoms with Crippen LogP contribution in [0.5, 0.6) is 0 Å². The summed E-state index contributed by atoms with van der Waals surface area (Å²) < 4.78 is 12.0. The number of hydrogen-bond donors (Lipinski definition) is 0. The Morgan fingerprint density at radius 2 is 1.24 bits per heavy atom. The molecule has 0 atom stereocenters. The molecule has 198 valence electrons. The van der Waals surface area contributed by atoms with E-state index in [1.54, 1.807) is 0 Å². The minimum absolute atomic E-state index is 0. The van der Waals surface area contributed by atoms with Crippen LogP contribution in [0.1, 0.15) is 102 Å². The van der Waals surface area contributed by atoms with E-state index in [0.717, 1.165) is 30.4 Å². The number of quaternary nitrogens is 1. The Hall–Kier alpha value is -0.910. The quantitative estimate of drug-likeness (QED) is 0.125. The number of likely N-dealkylation sites (N-methyl/N-ethyl adjacent to an activating group) is 1. The first-order chi connectivity index (χ1) is 16.0. The number of unbranched alkanes of at least 4 members (excludes halogenated alkanes) is 12. The standard InChI is InChI=1S/C29H52NO3.BrH/c1-4-5-6-7-8-9-10-11-12-13-14-15-19-22-29(31)33-26-24-30(2,3)23-25-32-27-28-20-17-16-18-21-28;/h16-18,20-21H,4-15,19,22-27H2,1-3H3;1H/q+1;/p-1. The maximum atomic E-state index is 12.0. The van der Waals surface area contributed by atoms with Crippen LogP contribution in [0.2, 0.25) is 0 Å². The van der Waals surface area contributed by atoms with Crippen molar-refractivity contribution in [3.8, 4) is 0 Å². The van der Waals surface area contributed by atoms with Crippen molar-refractivity contribution in [2.24, 2.45) is 0 Å². The van der Waals surface area contributed by atoms with Gasteiger partial charge in [0.1, 0.15) is 19.7 Å². The van der Waals surface area contributed by atoms with Gasteiger partial charge in [0.15, 0.2) is 0 Å². The van der Waals surface area contributed by atoms with Gasteiger partial charge in [-0.15, -0.1) is 0 Å². The van der Waals surface area contributed by atoms with Crippen molar-refractivity contribution in [3.63, 3.8) is 0 Å². The molecule has 0 aliphatic heterocycles. The van der Waals surface area contributed by atoms with E-state index in [9.17, 15) is 4.79 Å². The van der Waals surface area contributed by atoms with Crippen LogP contribution < -0.4 is 17.0 Å². The summed E-state index contributed by atoms with van der Waals surface area (Å²) in [6.45, 7) is 5.84. The number of nitrogens with zero attached hydrogens (tertiary/aromatic N) is 1. The average Bonchev–Trinajstić information content (AvgIpc) is 2.80. The van der Waals surface area contributed by atoms with Crippen LogP contribution in [0, 0.1) is 0 Å². The third kappa shape index (κ3) is 20.5. The van der Waals surface area contributed by atoms with E-state index in [2.05, 4.69) is 33.2 Å². The van der Waals surface area contributed by atoms with Crippen LogP contribution in [0.25, 0.3) is 0 Å². The summed E-state index contributed by atoms with van der Waals surface area (Å²) in [6.07, 6.45) is 17.7. The Morgan fingerprint density at radius 1 is 0.735 bits per heavy atom. The van der Waals surface area contributed by atoms with Gasteiger partial charge in [-0.25, -0.2) is 0 Å². The molecule has 0 saturated heterocycles. The maximum Gasteiger partial charge on any atom is 0.305 e. The van der Waals surface area contributed by atoms with E-state index < -0.39 is 0 Å². The molecule has 0 heterocycles. The van der Waals surface area contributed by atoms with Crippen LogP contribution in [0.3, 0.4) is 0 Å². The van der Waals surface area contributed by atoms with Gasteiger partial charge in [-0.1, -0.05) is 114 Å². The lowest BCUT2D eigenvalue weighted by atomic mass is 10.0. The number of carbonyl (C=O) groups is 1. The Balaban J connectivity index is 0.0000109. The first-order valence-corrected chi connectivity index (χ1v) is 13.6. The van der Waals surface area contributed by atoms with E-state index >= 15 is 0 Å². The van der Waals surface area contributed by atoms with E-state index in [1.165, 1.54) is 76.2 Å². The van der Waals surface area contributed by atoms with Crippen molar-refractivity contribution < 1.29 is 35.7 Å². The van der Waals surface area contributed by atoms with Crippen LogP contribution in [0.15, 0.2) is 30.3 Å². The normalized spacial score (nSPS) is 11.3.